The maximum Gasteiger partial charge on any atom is 0.247 e. The molecule has 2 rings (SSSR count). The number of halogens is 1. The van der Waals surface area contributed by atoms with E-state index in [1.807, 2.05) is 0 Å². The van der Waals surface area contributed by atoms with Crippen LogP contribution in [0.2, 0.25) is 5.02 Å². The normalized spacial score (nSPS) is 16.3. The van der Waals surface area contributed by atoms with Gasteiger partial charge in [0, 0.05) is 6.20 Å². The molecule has 1 atom stereocenters. The van der Waals surface area contributed by atoms with Gasteiger partial charge in [0.1, 0.15) is 6.04 Å². The van der Waals surface area contributed by atoms with Crippen molar-refractivity contribution in [3.05, 3.63) is 40.9 Å². The lowest BCUT2D eigenvalue weighted by molar-refractivity contribution is -0.133. The standard InChI is InChI=1S/C13H13ClN2O2S/c1-9(16-6-7-19-8-12(16)17)13(18)15-11-5-3-2-4-10(11)14/h2-7,9H,8H2,1H3,(H,15,18). The highest BCUT2D eigenvalue weighted by Crippen LogP contribution is 2.21. The number of anilines is 1. The SMILES string of the molecule is CC(C(=O)Nc1ccccc1Cl)N1C=CSCC1=O. The van der Waals surface area contributed by atoms with Crippen LogP contribution in [-0.2, 0) is 9.59 Å². The number of carbonyl (C=O) groups excluding carboxylic acids is 2. The number of para-hydroxylation sites is 1. The van der Waals surface area contributed by atoms with Crippen molar-refractivity contribution in [2.24, 2.45) is 0 Å². The molecule has 1 unspecified atom stereocenters. The van der Waals surface area contributed by atoms with Crippen LogP contribution >= 0.6 is 23.4 Å². The van der Waals surface area contributed by atoms with Crippen molar-refractivity contribution in [1.29, 1.82) is 0 Å². The topological polar surface area (TPSA) is 49.4 Å². The third-order valence-electron chi connectivity index (χ3n) is 2.74. The highest BCUT2D eigenvalue weighted by atomic mass is 35.5. The second kappa shape index (κ2) is 6.12. The summed E-state index contributed by atoms with van der Waals surface area (Å²) in [7, 11) is 0. The van der Waals surface area contributed by atoms with E-state index < -0.39 is 6.04 Å². The highest BCUT2D eigenvalue weighted by Gasteiger charge is 2.25. The number of hydrogen-bond donors (Lipinski definition) is 1. The lowest BCUT2D eigenvalue weighted by Gasteiger charge is -2.27. The molecule has 0 aliphatic carbocycles. The molecule has 2 amide bonds. The molecule has 1 heterocycles. The Labute approximate surface area is 120 Å². The molecule has 0 spiro atoms. The molecule has 4 nitrogen and oxygen atoms in total. The van der Waals surface area contributed by atoms with Crippen molar-refractivity contribution in [1.82, 2.24) is 4.90 Å². The molecule has 1 N–H and O–H groups in total. The largest absolute Gasteiger partial charge is 0.323 e. The van der Waals surface area contributed by atoms with Crippen molar-refractivity contribution in [2.45, 2.75) is 13.0 Å². The molecular formula is C13H13ClN2O2S. The maximum absolute atomic E-state index is 12.1. The minimum absolute atomic E-state index is 0.0747. The summed E-state index contributed by atoms with van der Waals surface area (Å²) in [6.07, 6.45) is 1.63. The molecular weight excluding hydrogens is 284 g/mol. The molecule has 0 saturated heterocycles. The molecule has 0 saturated carbocycles. The van der Waals surface area contributed by atoms with Gasteiger partial charge < -0.3 is 10.2 Å². The summed E-state index contributed by atoms with van der Waals surface area (Å²) in [5, 5.41) is 5.00. The fraction of sp³-hybridized carbons (Fsp3) is 0.231. The number of rotatable bonds is 3. The van der Waals surface area contributed by atoms with E-state index in [1.165, 1.54) is 16.7 Å². The monoisotopic (exact) mass is 296 g/mol. The Morgan fingerprint density at radius 3 is 2.89 bits per heavy atom. The van der Waals surface area contributed by atoms with Crippen LogP contribution in [0.4, 0.5) is 5.69 Å². The predicted octanol–water partition coefficient (Wildman–Crippen LogP) is 2.71. The van der Waals surface area contributed by atoms with Gasteiger partial charge in [0.2, 0.25) is 11.8 Å². The molecule has 6 heteroatoms. The summed E-state index contributed by atoms with van der Waals surface area (Å²) in [5.41, 5.74) is 0.545. The quantitative estimate of drug-likeness (QED) is 0.933. The van der Waals surface area contributed by atoms with Crippen LogP contribution in [0.1, 0.15) is 6.92 Å². The zero-order valence-corrected chi connectivity index (χ0v) is 11.9. The Hall–Kier alpha value is -1.46. The van der Waals surface area contributed by atoms with E-state index in [0.717, 1.165) is 0 Å². The molecule has 1 aliphatic rings. The highest BCUT2D eigenvalue weighted by molar-refractivity contribution is 8.02. The van der Waals surface area contributed by atoms with Gasteiger partial charge in [0.25, 0.3) is 0 Å². The summed E-state index contributed by atoms with van der Waals surface area (Å²) < 4.78 is 0. The van der Waals surface area contributed by atoms with Gasteiger partial charge in [-0.1, -0.05) is 23.7 Å². The Morgan fingerprint density at radius 1 is 1.47 bits per heavy atom. The van der Waals surface area contributed by atoms with E-state index in [-0.39, 0.29) is 11.8 Å². The Kier molecular flexibility index (Phi) is 4.50. The summed E-state index contributed by atoms with van der Waals surface area (Å²) in [6.45, 7) is 1.68. The van der Waals surface area contributed by atoms with Gasteiger partial charge in [-0.2, -0.15) is 0 Å². The fourth-order valence-corrected chi connectivity index (χ4v) is 2.44. The first kappa shape index (κ1) is 14.0. The van der Waals surface area contributed by atoms with Crippen LogP contribution in [0.15, 0.2) is 35.9 Å². The summed E-state index contributed by atoms with van der Waals surface area (Å²) in [4.78, 5) is 25.2. The number of carbonyl (C=O) groups is 2. The second-order valence-corrected chi connectivity index (χ2v) is 5.34. The summed E-state index contributed by atoms with van der Waals surface area (Å²) in [6, 6.07) is 6.42. The smallest absolute Gasteiger partial charge is 0.247 e. The minimum atomic E-state index is -0.569. The molecule has 0 fully saturated rings. The summed E-state index contributed by atoms with van der Waals surface area (Å²) in [5.74, 6) is 0.0209. The van der Waals surface area contributed by atoms with E-state index >= 15 is 0 Å². The van der Waals surface area contributed by atoms with Gasteiger partial charge in [0.05, 0.1) is 16.5 Å². The second-order valence-electron chi connectivity index (χ2n) is 4.04. The van der Waals surface area contributed by atoms with Gasteiger partial charge in [0.15, 0.2) is 0 Å². The van der Waals surface area contributed by atoms with Crippen molar-refractivity contribution in [2.75, 3.05) is 11.1 Å². The molecule has 1 aromatic carbocycles. The first-order valence-electron chi connectivity index (χ1n) is 5.74. The molecule has 0 bridgehead atoms. The molecule has 19 heavy (non-hydrogen) atoms. The average Bonchev–Trinajstić information content (AvgIpc) is 2.41. The van der Waals surface area contributed by atoms with Crippen molar-refractivity contribution in [3.63, 3.8) is 0 Å². The van der Waals surface area contributed by atoms with Crippen LogP contribution in [0.5, 0.6) is 0 Å². The molecule has 1 aromatic rings. The van der Waals surface area contributed by atoms with Gasteiger partial charge >= 0.3 is 0 Å². The number of hydrogen-bond acceptors (Lipinski definition) is 3. The third-order valence-corrected chi connectivity index (χ3v) is 3.80. The predicted molar refractivity (Wildman–Crippen MR) is 78.0 cm³/mol. The third kappa shape index (κ3) is 3.30. The zero-order chi connectivity index (χ0) is 13.8. The van der Waals surface area contributed by atoms with E-state index in [9.17, 15) is 9.59 Å². The molecule has 0 aromatic heterocycles. The van der Waals surface area contributed by atoms with Crippen LogP contribution < -0.4 is 5.32 Å². The van der Waals surface area contributed by atoms with Gasteiger partial charge in [-0.15, -0.1) is 11.8 Å². The lowest BCUT2D eigenvalue weighted by Crippen LogP contribution is -2.44. The first-order chi connectivity index (χ1) is 9.09. The lowest BCUT2D eigenvalue weighted by atomic mass is 10.2. The summed E-state index contributed by atoms with van der Waals surface area (Å²) >= 11 is 7.39. The Balaban J connectivity index is 2.07. The van der Waals surface area contributed by atoms with Crippen molar-refractivity contribution < 1.29 is 9.59 Å². The van der Waals surface area contributed by atoms with Gasteiger partial charge in [-0.05, 0) is 24.5 Å². The van der Waals surface area contributed by atoms with Crippen LogP contribution in [0.25, 0.3) is 0 Å². The number of amides is 2. The van der Waals surface area contributed by atoms with Crippen molar-refractivity contribution in [3.8, 4) is 0 Å². The van der Waals surface area contributed by atoms with E-state index in [2.05, 4.69) is 5.32 Å². The Bertz CT molecular complexity index is 533. The average molecular weight is 297 g/mol. The maximum atomic E-state index is 12.1. The molecule has 100 valence electrons. The molecule has 0 radical (unpaired) electrons. The van der Waals surface area contributed by atoms with E-state index in [1.54, 1.807) is 42.8 Å². The van der Waals surface area contributed by atoms with Crippen LogP contribution in [0, 0.1) is 0 Å². The molecule has 1 aliphatic heterocycles. The van der Waals surface area contributed by atoms with E-state index in [4.69, 9.17) is 11.6 Å². The number of nitrogens with one attached hydrogen (secondary N) is 1. The first-order valence-corrected chi connectivity index (χ1v) is 7.17. The van der Waals surface area contributed by atoms with E-state index in [0.29, 0.717) is 16.5 Å². The van der Waals surface area contributed by atoms with Crippen LogP contribution in [-0.4, -0.2) is 28.5 Å². The number of nitrogens with zero attached hydrogens (tertiary/aromatic N) is 1. The van der Waals surface area contributed by atoms with Gasteiger partial charge in [-0.25, -0.2) is 0 Å². The Morgan fingerprint density at radius 2 is 2.21 bits per heavy atom. The number of thioether (sulfide) groups is 1. The van der Waals surface area contributed by atoms with Crippen LogP contribution in [0.3, 0.4) is 0 Å². The fourth-order valence-electron chi connectivity index (χ4n) is 1.66. The van der Waals surface area contributed by atoms with Crippen molar-refractivity contribution >= 4 is 40.9 Å². The zero-order valence-electron chi connectivity index (χ0n) is 10.3. The minimum Gasteiger partial charge on any atom is -0.323 e. The van der Waals surface area contributed by atoms with Gasteiger partial charge in [-0.3, -0.25) is 9.59 Å². The number of benzene rings is 1.